The largest absolute Gasteiger partial charge is 0.345 e. The highest BCUT2D eigenvalue weighted by atomic mass is 79.9. The molecule has 5 aromatic rings. The fourth-order valence-electron chi connectivity index (χ4n) is 4.22. The van der Waals surface area contributed by atoms with Gasteiger partial charge >= 0.3 is 0 Å². The average Bonchev–Trinajstić information content (AvgIpc) is 3.35. The molecule has 0 saturated heterocycles. The number of nitrogens with zero attached hydrogens (tertiary/aromatic N) is 3. The number of hydrogen-bond acceptors (Lipinski definition) is 5. The Balaban J connectivity index is 1.35. The van der Waals surface area contributed by atoms with Crippen molar-refractivity contribution in [3.05, 3.63) is 112 Å². The number of halogens is 1. The molecule has 2 amide bonds. The predicted molar refractivity (Wildman–Crippen MR) is 159 cm³/mol. The minimum Gasteiger partial charge on any atom is -0.345 e. The molecule has 39 heavy (non-hydrogen) atoms. The van der Waals surface area contributed by atoms with Crippen molar-refractivity contribution in [2.75, 3.05) is 11.1 Å². The van der Waals surface area contributed by atoms with Crippen LogP contribution in [0.2, 0.25) is 0 Å². The number of nitrogens with one attached hydrogen (secondary N) is 2. The van der Waals surface area contributed by atoms with E-state index in [0.29, 0.717) is 16.5 Å². The number of amides is 2. The van der Waals surface area contributed by atoms with E-state index in [-0.39, 0.29) is 24.1 Å². The summed E-state index contributed by atoms with van der Waals surface area (Å²) in [5.74, 6) is 0.386. The third-order valence-electron chi connectivity index (χ3n) is 6.23. The van der Waals surface area contributed by atoms with Crippen LogP contribution in [-0.4, -0.2) is 32.3 Å². The zero-order valence-electron chi connectivity index (χ0n) is 21.4. The van der Waals surface area contributed by atoms with E-state index in [9.17, 15) is 9.59 Å². The fraction of sp³-hybridized carbons (Fsp3) is 0.133. The Hall–Kier alpha value is -3.95. The van der Waals surface area contributed by atoms with Gasteiger partial charge in [-0.1, -0.05) is 76.2 Å². The van der Waals surface area contributed by atoms with Gasteiger partial charge in [-0.05, 0) is 72.1 Å². The van der Waals surface area contributed by atoms with Crippen molar-refractivity contribution in [2.24, 2.45) is 0 Å². The topological polar surface area (TPSA) is 88.9 Å². The number of thioether (sulfide) groups is 1. The summed E-state index contributed by atoms with van der Waals surface area (Å²) < 4.78 is 2.80. The summed E-state index contributed by atoms with van der Waals surface area (Å²) >= 11 is 4.77. The van der Waals surface area contributed by atoms with Gasteiger partial charge in [0.2, 0.25) is 5.91 Å². The van der Waals surface area contributed by atoms with Crippen LogP contribution >= 0.6 is 27.7 Å². The van der Waals surface area contributed by atoms with Crippen LogP contribution in [0.15, 0.2) is 94.6 Å². The molecule has 0 aliphatic rings. The molecular formula is C30H26BrN5O2S. The van der Waals surface area contributed by atoms with Gasteiger partial charge < -0.3 is 10.6 Å². The van der Waals surface area contributed by atoms with E-state index in [4.69, 9.17) is 0 Å². The summed E-state index contributed by atoms with van der Waals surface area (Å²) in [6.45, 7) is 4.12. The molecule has 0 aliphatic heterocycles. The fourth-order valence-corrected chi connectivity index (χ4v) is 5.26. The average molecular weight is 601 g/mol. The quantitative estimate of drug-likeness (QED) is 0.200. The normalized spacial score (nSPS) is 10.9. The van der Waals surface area contributed by atoms with Crippen molar-refractivity contribution in [2.45, 2.75) is 25.5 Å². The second kappa shape index (κ2) is 11.8. The molecule has 1 heterocycles. The Bertz CT molecular complexity index is 1660. The van der Waals surface area contributed by atoms with Gasteiger partial charge in [-0.3, -0.25) is 14.2 Å². The van der Waals surface area contributed by atoms with Crippen LogP contribution in [0.4, 0.5) is 5.69 Å². The third-order valence-corrected chi connectivity index (χ3v) is 7.68. The molecule has 0 radical (unpaired) electrons. The van der Waals surface area contributed by atoms with Crippen molar-refractivity contribution in [1.29, 1.82) is 0 Å². The summed E-state index contributed by atoms with van der Waals surface area (Å²) in [4.78, 5) is 25.9. The number of hydrogen-bond donors (Lipinski definition) is 2. The highest BCUT2D eigenvalue weighted by molar-refractivity contribution is 9.10. The zero-order valence-corrected chi connectivity index (χ0v) is 23.8. The van der Waals surface area contributed by atoms with Crippen LogP contribution in [0.25, 0.3) is 16.5 Å². The zero-order chi connectivity index (χ0) is 27.4. The van der Waals surface area contributed by atoms with Crippen molar-refractivity contribution < 1.29 is 9.59 Å². The standard InChI is InChI=1S/C30H26BrN5O2S/c1-19-10-11-20(2)26(16-19)33-28(37)18-39-30-35-34-27(36(30)23-14-12-22(31)13-15-23)17-32-29(38)25-9-5-7-21-6-3-4-8-24(21)25/h3-16H,17-18H2,1-2H3,(H,32,38)(H,33,37). The van der Waals surface area contributed by atoms with E-state index in [1.165, 1.54) is 11.8 Å². The van der Waals surface area contributed by atoms with Gasteiger partial charge in [0.25, 0.3) is 5.91 Å². The van der Waals surface area contributed by atoms with Gasteiger partial charge in [0, 0.05) is 21.4 Å². The van der Waals surface area contributed by atoms with Crippen molar-refractivity contribution >= 4 is 56.0 Å². The van der Waals surface area contributed by atoms with E-state index >= 15 is 0 Å². The molecule has 0 unspecified atom stereocenters. The number of carbonyl (C=O) groups is 2. The molecule has 1 aromatic heterocycles. The highest BCUT2D eigenvalue weighted by Crippen LogP contribution is 2.25. The maximum atomic E-state index is 13.1. The van der Waals surface area contributed by atoms with Gasteiger partial charge in [-0.15, -0.1) is 10.2 Å². The van der Waals surface area contributed by atoms with Crippen LogP contribution in [0.5, 0.6) is 0 Å². The Labute approximate surface area is 239 Å². The molecule has 4 aromatic carbocycles. The lowest BCUT2D eigenvalue weighted by Gasteiger charge is -2.12. The number of rotatable bonds is 8. The third kappa shape index (κ3) is 6.21. The Morgan fingerprint density at radius 2 is 1.69 bits per heavy atom. The number of aromatic nitrogens is 3. The monoisotopic (exact) mass is 599 g/mol. The SMILES string of the molecule is Cc1ccc(C)c(NC(=O)CSc2nnc(CNC(=O)c3cccc4ccccc34)n2-c2ccc(Br)cc2)c1. The van der Waals surface area contributed by atoms with E-state index < -0.39 is 0 Å². The number of aryl methyl sites for hydroxylation is 2. The molecule has 196 valence electrons. The maximum absolute atomic E-state index is 13.1. The van der Waals surface area contributed by atoms with Gasteiger partial charge in [-0.2, -0.15) is 0 Å². The molecule has 7 nitrogen and oxygen atoms in total. The van der Waals surface area contributed by atoms with Crippen molar-refractivity contribution in [1.82, 2.24) is 20.1 Å². The Morgan fingerprint density at radius 3 is 2.51 bits per heavy atom. The second-order valence-electron chi connectivity index (χ2n) is 9.08. The molecule has 0 saturated carbocycles. The van der Waals surface area contributed by atoms with Gasteiger partial charge in [0.15, 0.2) is 11.0 Å². The molecule has 0 aliphatic carbocycles. The number of anilines is 1. The first-order valence-electron chi connectivity index (χ1n) is 12.3. The Morgan fingerprint density at radius 1 is 0.923 bits per heavy atom. The van der Waals surface area contributed by atoms with E-state index in [1.54, 1.807) is 0 Å². The van der Waals surface area contributed by atoms with Crippen LogP contribution in [0.1, 0.15) is 27.3 Å². The second-order valence-corrected chi connectivity index (χ2v) is 10.9. The first kappa shape index (κ1) is 26.6. The summed E-state index contributed by atoms with van der Waals surface area (Å²) in [7, 11) is 0. The number of carbonyl (C=O) groups excluding carboxylic acids is 2. The lowest BCUT2D eigenvalue weighted by atomic mass is 10.0. The minimum atomic E-state index is -0.195. The van der Waals surface area contributed by atoms with Crippen LogP contribution in [0, 0.1) is 13.8 Å². The number of benzene rings is 4. The first-order chi connectivity index (χ1) is 18.9. The smallest absolute Gasteiger partial charge is 0.252 e. The van der Waals surface area contributed by atoms with E-state index in [2.05, 4.69) is 36.8 Å². The van der Waals surface area contributed by atoms with Crippen LogP contribution in [0.3, 0.4) is 0 Å². The Kier molecular flexibility index (Phi) is 8.09. The summed E-state index contributed by atoms with van der Waals surface area (Å²) in [6, 6.07) is 27.1. The van der Waals surface area contributed by atoms with Crippen molar-refractivity contribution in [3.8, 4) is 5.69 Å². The maximum Gasteiger partial charge on any atom is 0.252 e. The molecule has 9 heteroatoms. The summed E-state index contributed by atoms with van der Waals surface area (Å²) in [5.41, 5.74) is 4.30. The van der Waals surface area contributed by atoms with Crippen LogP contribution in [-0.2, 0) is 11.3 Å². The van der Waals surface area contributed by atoms with Gasteiger partial charge in [0.1, 0.15) is 0 Å². The highest BCUT2D eigenvalue weighted by Gasteiger charge is 2.18. The summed E-state index contributed by atoms with van der Waals surface area (Å²) in [5, 5.41) is 17.1. The molecule has 2 N–H and O–H groups in total. The lowest BCUT2D eigenvalue weighted by Crippen LogP contribution is -2.25. The summed E-state index contributed by atoms with van der Waals surface area (Å²) in [6.07, 6.45) is 0. The van der Waals surface area contributed by atoms with Gasteiger partial charge in [0.05, 0.1) is 12.3 Å². The predicted octanol–water partition coefficient (Wildman–Crippen LogP) is 6.46. The van der Waals surface area contributed by atoms with Gasteiger partial charge in [-0.25, -0.2) is 0 Å². The first-order valence-corrected chi connectivity index (χ1v) is 14.1. The lowest BCUT2D eigenvalue weighted by molar-refractivity contribution is -0.113. The molecular weight excluding hydrogens is 574 g/mol. The van der Waals surface area contributed by atoms with E-state index in [0.717, 1.165) is 37.7 Å². The van der Waals surface area contributed by atoms with Crippen LogP contribution < -0.4 is 10.6 Å². The molecule has 5 rings (SSSR count). The number of fused-ring (bicyclic) bond motifs is 1. The van der Waals surface area contributed by atoms with Crippen molar-refractivity contribution in [3.63, 3.8) is 0 Å². The molecule has 0 spiro atoms. The molecule has 0 fully saturated rings. The molecule has 0 bridgehead atoms. The van der Waals surface area contributed by atoms with E-state index in [1.807, 2.05) is 103 Å². The molecule has 0 atom stereocenters. The minimum absolute atomic E-state index is 0.134.